The molecule has 0 aliphatic carbocycles. The molecule has 0 atom stereocenters. The Labute approximate surface area is 176 Å². The fourth-order valence-electron chi connectivity index (χ4n) is 3.70. The summed E-state index contributed by atoms with van der Waals surface area (Å²) in [6.07, 6.45) is 3.93. The predicted octanol–water partition coefficient (Wildman–Crippen LogP) is 2.04. The lowest BCUT2D eigenvalue weighted by Gasteiger charge is -2.31. The number of fused-ring (bicyclic) bond motifs is 1. The molecular formula is C21H23N5O3S. The van der Waals surface area contributed by atoms with Gasteiger partial charge in [0, 0.05) is 32.1 Å². The molecule has 9 heteroatoms. The van der Waals surface area contributed by atoms with Crippen molar-refractivity contribution in [1.82, 2.24) is 19.9 Å². The molecule has 0 spiro atoms. The molecule has 1 fully saturated rings. The molecule has 0 aromatic carbocycles. The number of carbonyl (C=O) groups excluding carboxylic acids is 1. The summed E-state index contributed by atoms with van der Waals surface area (Å²) in [5.41, 5.74) is 3.55. The van der Waals surface area contributed by atoms with Gasteiger partial charge < -0.3 is 15.2 Å². The van der Waals surface area contributed by atoms with Crippen LogP contribution in [-0.4, -0.2) is 40.6 Å². The van der Waals surface area contributed by atoms with E-state index in [2.05, 4.69) is 26.3 Å². The number of thiophene rings is 1. The first-order valence-electron chi connectivity index (χ1n) is 9.74. The topological polar surface area (TPSA) is 100 Å². The summed E-state index contributed by atoms with van der Waals surface area (Å²) in [4.78, 5) is 46.2. The van der Waals surface area contributed by atoms with Crippen LogP contribution in [0.15, 0.2) is 33.4 Å². The van der Waals surface area contributed by atoms with Gasteiger partial charge in [0.25, 0.3) is 11.5 Å². The number of rotatable bonds is 3. The van der Waals surface area contributed by atoms with Gasteiger partial charge in [0.15, 0.2) is 0 Å². The van der Waals surface area contributed by atoms with Crippen LogP contribution in [0.4, 0.5) is 5.69 Å². The highest BCUT2D eigenvalue weighted by Crippen LogP contribution is 2.29. The van der Waals surface area contributed by atoms with Gasteiger partial charge in [-0.2, -0.15) is 0 Å². The Morgan fingerprint density at radius 3 is 2.67 bits per heavy atom. The maximum absolute atomic E-state index is 12.3. The molecule has 0 radical (unpaired) electrons. The van der Waals surface area contributed by atoms with Crippen molar-refractivity contribution in [2.24, 2.45) is 7.05 Å². The fourth-order valence-corrected chi connectivity index (χ4v) is 4.78. The molecular weight excluding hydrogens is 402 g/mol. The third kappa shape index (κ3) is 3.68. The molecule has 4 heterocycles. The number of aryl methyl sites for hydroxylation is 1. The Hall–Kier alpha value is -3.20. The molecule has 4 rings (SSSR count). The van der Waals surface area contributed by atoms with Crippen molar-refractivity contribution < 1.29 is 4.79 Å². The van der Waals surface area contributed by atoms with E-state index < -0.39 is 5.69 Å². The van der Waals surface area contributed by atoms with Gasteiger partial charge in [-0.05, 0) is 44.0 Å². The van der Waals surface area contributed by atoms with E-state index in [-0.39, 0.29) is 11.5 Å². The summed E-state index contributed by atoms with van der Waals surface area (Å²) in [5.74, 6) is -0.187. The zero-order valence-corrected chi connectivity index (χ0v) is 17.9. The molecule has 1 saturated heterocycles. The first kappa shape index (κ1) is 20.1. The van der Waals surface area contributed by atoms with Crippen LogP contribution in [0.2, 0.25) is 0 Å². The van der Waals surface area contributed by atoms with E-state index in [1.807, 2.05) is 19.1 Å². The number of H-pyrrole nitrogens is 1. The number of aromatic nitrogens is 3. The van der Waals surface area contributed by atoms with Crippen LogP contribution in [0.5, 0.6) is 0 Å². The second-order valence-electron chi connectivity index (χ2n) is 7.36. The minimum Gasteiger partial charge on any atom is -0.369 e. The lowest BCUT2D eigenvalue weighted by molar-refractivity contribution is 0.0958. The Morgan fingerprint density at radius 1 is 1.27 bits per heavy atom. The summed E-state index contributed by atoms with van der Waals surface area (Å²) in [6, 6.07) is 5.58. The van der Waals surface area contributed by atoms with Crippen molar-refractivity contribution in [3.8, 4) is 0 Å². The minimum atomic E-state index is -0.399. The van der Waals surface area contributed by atoms with Crippen molar-refractivity contribution in [2.75, 3.05) is 25.0 Å². The number of nitrogens with zero attached hydrogens (tertiary/aromatic N) is 3. The van der Waals surface area contributed by atoms with Gasteiger partial charge in [0.2, 0.25) is 0 Å². The van der Waals surface area contributed by atoms with Gasteiger partial charge in [-0.1, -0.05) is 5.57 Å². The maximum atomic E-state index is 12.3. The number of aromatic amines is 1. The highest BCUT2D eigenvalue weighted by atomic mass is 32.1. The SMILES string of the molecule is CNC(=O)c1ccc(N2CCC(=Cc3cc4[nH]c(=O)n(C)c(=O)c4s3)CC2)c(C)n1. The highest BCUT2D eigenvalue weighted by Gasteiger charge is 2.18. The molecule has 156 valence electrons. The van der Waals surface area contributed by atoms with Gasteiger partial charge in [-0.25, -0.2) is 9.78 Å². The Kier molecular flexibility index (Phi) is 5.29. The quantitative estimate of drug-likeness (QED) is 0.669. The molecule has 0 saturated carbocycles. The van der Waals surface area contributed by atoms with Crippen LogP contribution < -0.4 is 21.5 Å². The van der Waals surface area contributed by atoms with Crippen LogP contribution in [0.1, 0.15) is 33.9 Å². The van der Waals surface area contributed by atoms with E-state index in [9.17, 15) is 14.4 Å². The lowest BCUT2D eigenvalue weighted by Crippen LogP contribution is -2.31. The number of anilines is 1. The number of carbonyl (C=O) groups is 1. The molecule has 2 N–H and O–H groups in total. The zero-order valence-electron chi connectivity index (χ0n) is 17.1. The van der Waals surface area contributed by atoms with Crippen LogP contribution in [0, 0.1) is 6.92 Å². The summed E-state index contributed by atoms with van der Waals surface area (Å²) >= 11 is 1.41. The zero-order chi connectivity index (χ0) is 21.4. The number of nitrogens with one attached hydrogen (secondary N) is 2. The Balaban J connectivity index is 1.51. The fraction of sp³-hybridized carbons (Fsp3) is 0.333. The van der Waals surface area contributed by atoms with Crippen LogP contribution in [0.25, 0.3) is 16.3 Å². The normalized spacial score (nSPS) is 14.2. The predicted molar refractivity (Wildman–Crippen MR) is 119 cm³/mol. The van der Waals surface area contributed by atoms with E-state index in [1.54, 1.807) is 13.1 Å². The van der Waals surface area contributed by atoms with Gasteiger partial charge in [-0.15, -0.1) is 11.3 Å². The van der Waals surface area contributed by atoms with Crippen LogP contribution in [-0.2, 0) is 7.05 Å². The highest BCUT2D eigenvalue weighted by molar-refractivity contribution is 7.19. The average Bonchev–Trinajstić information content (AvgIpc) is 3.14. The lowest BCUT2D eigenvalue weighted by atomic mass is 10.0. The Morgan fingerprint density at radius 2 is 2.00 bits per heavy atom. The maximum Gasteiger partial charge on any atom is 0.328 e. The van der Waals surface area contributed by atoms with Crippen molar-refractivity contribution in [2.45, 2.75) is 19.8 Å². The number of hydrogen-bond acceptors (Lipinski definition) is 6. The monoisotopic (exact) mass is 425 g/mol. The molecule has 0 unspecified atom stereocenters. The van der Waals surface area contributed by atoms with Crippen molar-refractivity contribution in [1.29, 1.82) is 0 Å². The second kappa shape index (κ2) is 7.91. The standard InChI is InChI=1S/C21H23N5O3S/c1-12-17(5-4-15(23-12)19(27)22-2)26-8-6-13(7-9-26)10-14-11-16-18(30-14)20(28)25(3)21(29)24-16/h4-5,10-11H,6-9H2,1-3H3,(H,22,27)(H,24,29). The third-order valence-electron chi connectivity index (χ3n) is 5.41. The van der Waals surface area contributed by atoms with E-state index in [0.29, 0.717) is 15.9 Å². The molecule has 1 amide bonds. The second-order valence-corrected chi connectivity index (χ2v) is 8.44. The summed E-state index contributed by atoms with van der Waals surface area (Å²) in [5, 5.41) is 2.59. The first-order valence-corrected chi connectivity index (χ1v) is 10.6. The molecule has 1 aliphatic rings. The van der Waals surface area contributed by atoms with Crippen molar-refractivity contribution in [3.05, 3.63) is 60.9 Å². The largest absolute Gasteiger partial charge is 0.369 e. The van der Waals surface area contributed by atoms with Crippen LogP contribution >= 0.6 is 11.3 Å². The van der Waals surface area contributed by atoms with Gasteiger partial charge >= 0.3 is 5.69 Å². The first-order chi connectivity index (χ1) is 14.4. The number of piperidine rings is 1. The van der Waals surface area contributed by atoms with Crippen molar-refractivity contribution >= 4 is 39.2 Å². The average molecular weight is 426 g/mol. The molecule has 3 aromatic heterocycles. The van der Waals surface area contributed by atoms with Crippen LogP contribution in [0.3, 0.4) is 0 Å². The van der Waals surface area contributed by atoms with E-state index in [1.165, 1.54) is 24.0 Å². The molecule has 0 bridgehead atoms. The molecule has 8 nitrogen and oxygen atoms in total. The number of hydrogen-bond donors (Lipinski definition) is 2. The third-order valence-corrected chi connectivity index (χ3v) is 6.48. The summed E-state index contributed by atoms with van der Waals surface area (Å²) in [7, 11) is 3.07. The van der Waals surface area contributed by atoms with Gasteiger partial charge in [-0.3, -0.25) is 14.2 Å². The minimum absolute atomic E-state index is 0.187. The Bertz CT molecular complexity index is 1270. The van der Waals surface area contributed by atoms with Gasteiger partial charge in [0.1, 0.15) is 10.4 Å². The number of amides is 1. The molecule has 1 aliphatic heterocycles. The molecule has 30 heavy (non-hydrogen) atoms. The molecule has 3 aromatic rings. The smallest absolute Gasteiger partial charge is 0.328 e. The number of pyridine rings is 1. The summed E-state index contributed by atoms with van der Waals surface area (Å²) < 4.78 is 1.67. The van der Waals surface area contributed by atoms with Crippen molar-refractivity contribution in [3.63, 3.8) is 0 Å². The van der Waals surface area contributed by atoms with E-state index >= 15 is 0 Å². The summed E-state index contributed by atoms with van der Waals surface area (Å²) in [6.45, 7) is 3.64. The van der Waals surface area contributed by atoms with Gasteiger partial charge in [0.05, 0.1) is 16.9 Å². The van der Waals surface area contributed by atoms with E-state index in [4.69, 9.17) is 0 Å². The van der Waals surface area contributed by atoms with E-state index in [0.717, 1.165) is 46.8 Å².